The third kappa shape index (κ3) is 13.0. The molecule has 0 bridgehead atoms. The fourth-order valence-electron chi connectivity index (χ4n) is 14.7. The molecule has 122 heavy (non-hydrogen) atoms. The smallest absolute Gasteiger partial charge is 0.206 e. The van der Waals surface area contributed by atoms with E-state index in [4.69, 9.17) is 34.7 Å². The zero-order chi connectivity index (χ0) is 86.0. The van der Waals surface area contributed by atoms with Gasteiger partial charge in [-0.3, -0.25) is 86.3 Å². The summed E-state index contributed by atoms with van der Waals surface area (Å²) in [5, 5.41) is 4.99. The van der Waals surface area contributed by atoms with Crippen molar-refractivity contribution in [2.45, 2.75) is 0 Å². The summed E-state index contributed by atoms with van der Waals surface area (Å²) < 4.78 is 2.61. The lowest BCUT2D eigenvalue weighted by Gasteiger charge is -2.12. The predicted molar refractivity (Wildman–Crippen MR) is 508 cm³/mol. The van der Waals surface area contributed by atoms with Crippen LogP contribution in [0.15, 0.2) is 305 Å². The summed E-state index contributed by atoms with van der Waals surface area (Å²) in [6.07, 6.45) is 0. The molecule has 0 aliphatic heterocycles. The van der Waals surface area contributed by atoms with Crippen molar-refractivity contribution in [1.29, 1.82) is 0 Å². The van der Waals surface area contributed by atoms with Crippen LogP contribution < -0.4 is 98.3 Å². The van der Waals surface area contributed by atoms with E-state index in [1.54, 1.807) is 218 Å². The molecule has 0 spiro atoms. The Hall–Kier alpha value is -13.6. The van der Waals surface area contributed by atoms with Crippen LogP contribution in [0.25, 0.3) is 164 Å². The number of hydrogen-bond acceptors (Lipinski definition) is 26. The molecule has 0 unspecified atom stereocenters. The molecule has 4 aromatic heterocycles. The first kappa shape index (κ1) is 80.8. The van der Waals surface area contributed by atoms with E-state index >= 15 is 0 Å². The molecule has 0 atom stereocenters. The quantitative estimate of drug-likeness (QED) is 0.105. The van der Waals surface area contributed by atoms with Gasteiger partial charge in [0.1, 0.15) is 20.0 Å². The molecule has 30 heteroatoms. The number of carbonyl (C=O) groups is 2. The monoisotopic (exact) mass is 1790 g/mol. The SMILES string of the molecule is NC(=S)C(N)=S.O=C1C(Cl)=C(Cl)C(=O)c2ccccc21.O=c1c2ccccc2c(=O)c2c1sc1c(=O)c3ccccc3c(=O)c12.O=c1c2ccccc2c(=O)c2c1sc1c(=O)c3ccccc3c(=O)c12.O=c1c2ccccc2c(=O)c2sc3c(=O)c4ccccc4c(=O)c3sc12.O=c1c2ccccc2c(=O)c2sc3c(=O)c4ccccc4c(=O)c3sc12. The second kappa shape index (κ2) is 31.5. The van der Waals surface area contributed by atoms with E-state index in [2.05, 4.69) is 24.4 Å². The van der Waals surface area contributed by atoms with E-state index in [-0.39, 0.29) is 206 Å². The Bertz CT molecular complexity index is 8250. The summed E-state index contributed by atoms with van der Waals surface area (Å²) >= 11 is 25.6. The normalized spacial score (nSPS) is 12.0. The van der Waals surface area contributed by atoms with Gasteiger partial charge in [0.15, 0.2) is 21.7 Å². The van der Waals surface area contributed by atoms with Gasteiger partial charge in [-0.25, -0.2) is 0 Å². The number of rotatable bonds is 0. The number of allylic oxidation sites excluding steroid dienone is 2. The third-order valence-corrected chi connectivity index (χ3v) is 29.4. The zero-order valence-corrected chi connectivity index (χ0v) is 69.4. The summed E-state index contributed by atoms with van der Waals surface area (Å²) in [5.41, 5.74) is 5.46. The molecule has 0 saturated heterocycles. The van der Waals surface area contributed by atoms with Crippen molar-refractivity contribution in [3.8, 4) is 0 Å². The van der Waals surface area contributed by atoms with Crippen LogP contribution in [0.1, 0.15) is 20.7 Å². The number of thiophene rings is 2. The predicted octanol–water partition coefficient (Wildman–Crippen LogP) is 14.3. The van der Waals surface area contributed by atoms with Gasteiger partial charge in [-0.15, -0.1) is 68.0 Å². The van der Waals surface area contributed by atoms with Gasteiger partial charge in [0.2, 0.25) is 76.7 Å². The van der Waals surface area contributed by atoms with Crippen molar-refractivity contribution in [2.24, 2.45) is 11.5 Å². The van der Waals surface area contributed by atoms with Gasteiger partial charge >= 0.3 is 0 Å². The van der Waals surface area contributed by atoms with Gasteiger partial charge in [0, 0.05) is 97.3 Å². The van der Waals surface area contributed by atoms with Crippen LogP contribution in [-0.4, -0.2) is 21.5 Å². The number of Topliss-reactive ketones (excluding diaryl/α,β-unsaturated/α-hetero) is 2. The number of nitrogens with two attached hydrogens (primary N) is 2. The first-order chi connectivity index (χ1) is 58.6. The number of carbonyl (C=O) groups excluding carboxylic acids is 2. The van der Waals surface area contributed by atoms with E-state index in [1.807, 2.05) is 0 Å². The second-order valence-electron chi connectivity index (χ2n) is 27.3. The molecule has 20 nitrogen and oxygen atoms in total. The molecule has 17 aromatic carbocycles. The Morgan fingerprint density at radius 2 is 0.303 bits per heavy atom. The number of thiocarbonyl (C=S) groups is 2. The van der Waals surface area contributed by atoms with Crippen molar-refractivity contribution < 1.29 is 9.59 Å². The summed E-state index contributed by atoms with van der Waals surface area (Å²) in [6, 6.07) is 59.1. The molecule has 588 valence electrons. The highest BCUT2D eigenvalue weighted by atomic mass is 35.5. The fraction of sp³-hybridized carbons (Fsp3) is 0. The summed E-state index contributed by atoms with van der Waals surface area (Å²) in [6.45, 7) is 0. The molecule has 0 fully saturated rings. The van der Waals surface area contributed by atoms with Crippen molar-refractivity contribution in [3.05, 3.63) is 403 Å². The highest BCUT2D eigenvalue weighted by molar-refractivity contribution is 7.89. The molecule has 1 aliphatic carbocycles. The van der Waals surface area contributed by atoms with Crippen LogP contribution in [0.5, 0.6) is 0 Å². The van der Waals surface area contributed by atoms with E-state index < -0.39 is 11.6 Å². The molecular formula is C92H40Cl2N2O18S8. The lowest BCUT2D eigenvalue weighted by Crippen LogP contribution is -2.26. The molecule has 4 heterocycles. The maximum absolute atomic E-state index is 12.9. The van der Waals surface area contributed by atoms with E-state index in [0.29, 0.717) is 75.8 Å². The van der Waals surface area contributed by atoms with Crippen molar-refractivity contribution in [2.75, 3.05) is 0 Å². The minimum atomic E-state index is -0.396. The molecule has 0 radical (unpaired) electrons. The molecule has 0 saturated carbocycles. The van der Waals surface area contributed by atoms with E-state index in [0.717, 1.165) is 68.0 Å². The molecule has 0 amide bonds. The Morgan fingerprint density at radius 1 is 0.189 bits per heavy atom. The Morgan fingerprint density at radius 3 is 0.443 bits per heavy atom. The number of benzene rings is 17. The van der Waals surface area contributed by atoms with Gasteiger partial charge in [-0.1, -0.05) is 266 Å². The van der Waals surface area contributed by atoms with Gasteiger partial charge in [0.05, 0.1) is 77.9 Å². The van der Waals surface area contributed by atoms with E-state index in [1.165, 1.54) is 0 Å². The van der Waals surface area contributed by atoms with Crippen LogP contribution >= 0.6 is 116 Å². The Balaban J connectivity index is 0.000000108. The maximum atomic E-state index is 12.9. The average molecular weight is 1790 g/mol. The minimum absolute atomic E-state index is 0.0801. The van der Waals surface area contributed by atoms with E-state index in [9.17, 15) is 86.3 Å². The molecule has 4 N–H and O–H groups in total. The lowest BCUT2D eigenvalue weighted by atomic mass is 9.95. The highest BCUT2D eigenvalue weighted by Crippen LogP contribution is 2.35. The van der Waals surface area contributed by atoms with Crippen LogP contribution in [0, 0.1) is 0 Å². The minimum Gasteiger partial charge on any atom is -0.388 e. The standard InChI is InChI=1S/2C20H8O4S2.2C20H8O4S.C10H4Cl2O2.C2H4N2S2/c2*21-13-9-5-1-2-6-10(9)14(22)18-17(13)25-19-15(23)11-7-3-4-8-12(11)16(24)20(19)26-18;2*21-15-9-5-1-3-7-11(9)17(23)19-13(15)14-16(22)10-6-2-4-8-12(10)18(24)20(14)25-19;11-7-8(12)10(14)6-4-2-1-3-5(6)9(7)13;3-1(5)2(4)6/h2*1-8H;2*1-8H;1-4H;(H2,3,5)(H2,4,6). The molecule has 21 aromatic rings. The van der Waals surface area contributed by atoms with Gasteiger partial charge in [-0.2, -0.15) is 0 Å². The van der Waals surface area contributed by atoms with Gasteiger partial charge in [-0.05, 0) is 0 Å². The van der Waals surface area contributed by atoms with Crippen LogP contribution in [0.3, 0.4) is 0 Å². The average Bonchev–Trinajstić information content (AvgIpc) is 1.41. The van der Waals surface area contributed by atoms with Gasteiger partial charge in [0.25, 0.3) is 0 Å². The number of ketones is 2. The number of fused-ring (bicyclic) bond motifs is 19. The molecule has 1 aliphatic rings. The van der Waals surface area contributed by atoms with Crippen LogP contribution in [0.4, 0.5) is 0 Å². The fourth-order valence-corrected chi connectivity index (χ4v) is 22.4. The van der Waals surface area contributed by atoms with Crippen LogP contribution in [-0.2, 0) is 0 Å². The number of halogens is 2. The Kier molecular flexibility index (Phi) is 20.9. The largest absolute Gasteiger partial charge is 0.388 e. The first-order valence-corrected chi connectivity index (χ1v) is 42.4. The summed E-state index contributed by atoms with van der Waals surface area (Å²) in [5.74, 6) is -0.793. The third-order valence-electron chi connectivity index (χ3n) is 20.4. The molecule has 22 rings (SSSR count). The second-order valence-corrected chi connectivity index (χ2v) is 35.0. The Labute approximate surface area is 719 Å². The topological polar surface area (TPSA) is 359 Å². The van der Waals surface area contributed by atoms with Crippen molar-refractivity contribution in [3.63, 3.8) is 0 Å². The number of hydrogen-bond donors (Lipinski definition) is 2. The first-order valence-electron chi connectivity index (χ1n) is 35.9. The lowest BCUT2D eigenvalue weighted by molar-refractivity contribution is 0.0987. The van der Waals surface area contributed by atoms with Gasteiger partial charge < -0.3 is 11.5 Å². The maximum Gasteiger partial charge on any atom is 0.206 e. The zero-order valence-electron chi connectivity index (χ0n) is 61.3. The molecular weight excluding hydrogens is 1750 g/mol. The van der Waals surface area contributed by atoms with Crippen LogP contribution in [0.2, 0.25) is 0 Å². The van der Waals surface area contributed by atoms with Crippen molar-refractivity contribution in [1.82, 2.24) is 0 Å². The highest BCUT2D eigenvalue weighted by Gasteiger charge is 2.31. The summed E-state index contributed by atoms with van der Waals surface area (Å²) in [7, 11) is 0. The van der Waals surface area contributed by atoms with Crippen molar-refractivity contribution >= 4 is 301 Å². The summed E-state index contributed by atoms with van der Waals surface area (Å²) in [4.78, 5) is 229.